The van der Waals surface area contributed by atoms with Crippen molar-refractivity contribution in [2.24, 2.45) is 0 Å². The summed E-state index contributed by atoms with van der Waals surface area (Å²) in [6.07, 6.45) is 2.82. The molecule has 0 bridgehead atoms. The fourth-order valence-electron chi connectivity index (χ4n) is 1.84. The Labute approximate surface area is 108 Å². The van der Waals surface area contributed by atoms with E-state index in [0.717, 1.165) is 31.1 Å². The van der Waals surface area contributed by atoms with E-state index in [0.29, 0.717) is 0 Å². The van der Waals surface area contributed by atoms with Crippen molar-refractivity contribution in [3.8, 4) is 0 Å². The summed E-state index contributed by atoms with van der Waals surface area (Å²) in [5, 5.41) is 2.18. The van der Waals surface area contributed by atoms with Crippen molar-refractivity contribution >= 4 is 29.0 Å². The summed E-state index contributed by atoms with van der Waals surface area (Å²) in [4.78, 5) is 11.9. The highest BCUT2D eigenvalue weighted by Crippen LogP contribution is 2.29. The summed E-state index contributed by atoms with van der Waals surface area (Å²) in [6.45, 7) is 0. The molecular weight excluding hydrogens is 258 g/mol. The molecule has 6 heteroatoms. The first-order valence-corrected chi connectivity index (χ1v) is 6.80. The van der Waals surface area contributed by atoms with Gasteiger partial charge in [0.05, 0.1) is 10.9 Å². The predicted molar refractivity (Wildman–Crippen MR) is 69.5 cm³/mol. The molecule has 18 heavy (non-hydrogen) atoms. The average Bonchev–Trinajstić information content (AvgIpc) is 2.40. The minimum atomic E-state index is -1.11. The smallest absolute Gasteiger partial charge is 0.237 e. The minimum Gasteiger partial charge on any atom is -0.397 e. The van der Waals surface area contributed by atoms with E-state index in [-0.39, 0.29) is 22.5 Å². The zero-order valence-electron chi connectivity index (χ0n) is 9.71. The Kier molecular flexibility index (Phi) is 4.06. The Balaban J connectivity index is 2.13. The highest BCUT2D eigenvalue weighted by atomic mass is 32.2. The number of amides is 1. The number of nitrogens with two attached hydrogens (primary N) is 1. The molecule has 0 aliphatic carbocycles. The van der Waals surface area contributed by atoms with Gasteiger partial charge in [0.25, 0.3) is 0 Å². The number of hydrogen-bond donors (Lipinski definition) is 2. The monoisotopic (exact) mass is 272 g/mol. The number of carbonyl (C=O) groups excluding carboxylic acids is 1. The van der Waals surface area contributed by atoms with E-state index in [1.807, 2.05) is 0 Å². The fraction of sp³-hybridized carbons (Fsp3) is 0.417. The van der Waals surface area contributed by atoms with Crippen LogP contribution in [0, 0.1) is 11.6 Å². The number of nitrogen functional groups attached to an aromatic ring is 1. The molecule has 1 heterocycles. The standard InChI is InChI=1S/C12H14F2N2OS/c13-7-4-5-8(15)11(10(7)14)16-12(17)9-3-1-2-6-18-9/h4-5,9H,1-3,6,15H2,(H,16,17). The van der Waals surface area contributed by atoms with Gasteiger partial charge in [-0.1, -0.05) is 6.42 Å². The third kappa shape index (κ3) is 2.75. The van der Waals surface area contributed by atoms with Crippen LogP contribution in [0.5, 0.6) is 0 Å². The molecule has 1 amide bonds. The van der Waals surface area contributed by atoms with Gasteiger partial charge in [0.15, 0.2) is 11.6 Å². The lowest BCUT2D eigenvalue weighted by Crippen LogP contribution is -2.28. The lowest BCUT2D eigenvalue weighted by molar-refractivity contribution is -0.115. The molecule has 1 aliphatic rings. The molecule has 1 aliphatic heterocycles. The molecule has 1 fully saturated rings. The Bertz CT molecular complexity index is 462. The normalized spacial score (nSPS) is 19.6. The van der Waals surface area contributed by atoms with E-state index in [4.69, 9.17) is 5.73 Å². The van der Waals surface area contributed by atoms with Gasteiger partial charge in [0, 0.05) is 0 Å². The number of thioether (sulfide) groups is 1. The van der Waals surface area contributed by atoms with Gasteiger partial charge in [-0.05, 0) is 30.7 Å². The summed E-state index contributed by atoms with van der Waals surface area (Å²) >= 11 is 1.54. The van der Waals surface area contributed by atoms with Gasteiger partial charge in [-0.3, -0.25) is 4.79 Å². The highest BCUT2D eigenvalue weighted by molar-refractivity contribution is 8.00. The quantitative estimate of drug-likeness (QED) is 0.814. The minimum absolute atomic E-state index is 0.0306. The van der Waals surface area contributed by atoms with Crippen LogP contribution in [0.1, 0.15) is 19.3 Å². The molecule has 3 N–H and O–H groups in total. The van der Waals surface area contributed by atoms with Crippen LogP contribution in [0.4, 0.5) is 20.2 Å². The Morgan fingerprint density at radius 1 is 1.39 bits per heavy atom. The number of rotatable bonds is 2. The van der Waals surface area contributed by atoms with Gasteiger partial charge in [0.1, 0.15) is 5.69 Å². The summed E-state index contributed by atoms with van der Waals surface area (Å²) in [7, 11) is 0. The van der Waals surface area contributed by atoms with Crippen LogP contribution in [0.2, 0.25) is 0 Å². The van der Waals surface area contributed by atoms with Crippen molar-refractivity contribution in [3.05, 3.63) is 23.8 Å². The molecule has 98 valence electrons. The van der Waals surface area contributed by atoms with E-state index in [2.05, 4.69) is 5.32 Å². The zero-order valence-corrected chi connectivity index (χ0v) is 10.5. The predicted octanol–water partition coefficient (Wildman–Crippen LogP) is 2.77. The van der Waals surface area contributed by atoms with E-state index in [1.54, 1.807) is 0 Å². The molecule has 1 unspecified atom stereocenters. The molecule has 1 aromatic carbocycles. The molecule has 2 rings (SSSR count). The van der Waals surface area contributed by atoms with Crippen LogP contribution in [-0.2, 0) is 4.79 Å². The van der Waals surface area contributed by atoms with Crippen LogP contribution < -0.4 is 11.1 Å². The molecular formula is C12H14F2N2OS. The molecule has 0 aromatic heterocycles. The topological polar surface area (TPSA) is 55.1 Å². The SMILES string of the molecule is Nc1ccc(F)c(F)c1NC(=O)C1CCCCS1. The van der Waals surface area contributed by atoms with Crippen LogP contribution in [-0.4, -0.2) is 16.9 Å². The molecule has 0 radical (unpaired) electrons. The Morgan fingerprint density at radius 2 is 2.17 bits per heavy atom. The van der Waals surface area contributed by atoms with E-state index in [9.17, 15) is 13.6 Å². The summed E-state index contributed by atoms with van der Waals surface area (Å²) < 4.78 is 26.6. The van der Waals surface area contributed by atoms with E-state index in [1.165, 1.54) is 17.8 Å². The van der Waals surface area contributed by atoms with Crippen LogP contribution in [0.3, 0.4) is 0 Å². The molecule has 3 nitrogen and oxygen atoms in total. The third-order valence-electron chi connectivity index (χ3n) is 2.85. The number of carbonyl (C=O) groups is 1. The average molecular weight is 272 g/mol. The maximum Gasteiger partial charge on any atom is 0.237 e. The number of halogens is 2. The molecule has 1 saturated heterocycles. The first-order chi connectivity index (χ1) is 8.59. The van der Waals surface area contributed by atoms with Gasteiger partial charge < -0.3 is 11.1 Å². The fourth-order valence-corrected chi connectivity index (χ4v) is 3.04. The summed E-state index contributed by atoms with van der Waals surface area (Å²) in [6, 6.07) is 2.18. The van der Waals surface area contributed by atoms with Crippen molar-refractivity contribution in [3.63, 3.8) is 0 Å². The molecule has 0 spiro atoms. The maximum absolute atomic E-state index is 13.5. The van der Waals surface area contributed by atoms with Crippen LogP contribution >= 0.6 is 11.8 Å². The number of benzene rings is 1. The number of hydrogen-bond acceptors (Lipinski definition) is 3. The Hall–Kier alpha value is -1.30. The van der Waals surface area contributed by atoms with Gasteiger partial charge in [-0.2, -0.15) is 0 Å². The highest BCUT2D eigenvalue weighted by Gasteiger charge is 2.24. The first kappa shape index (κ1) is 13.1. The Morgan fingerprint density at radius 3 is 2.83 bits per heavy atom. The maximum atomic E-state index is 13.5. The van der Waals surface area contributed by atoms with E-state index < -0.39 is 11.6 Å². The summed E-state index contributed by atoms with van der Waals surface area (Å²) in [5.74, 6) is -1.52. The summed E-state index contributed by atoms with van der Waals surface area (Å²) in [5.41, 5.74) is 5.31. The van der Waals surface area contributed by atoms with Crippen molar-refractivity contribution in [2.75, 3.05) is 16.8 Å². The van der Waals surface area contributed by atoms with Crippen LogP contribution in [0.25, 0.3) is 0 Å². The lowest BCUT2D eigenvalue weighted by Gasteiger charge is -2.21. The molecule has 0 saturated carbocycles. The van der Waals surface area contributed by atoms with Gasteiger partial charge in [-0.15, -0.1) is 11.8 Å². The first-order valence-electron chi connectivity index (χ1n) is 5.75. The number of anilines is 2. The lowest BCUT2D eigenvalue weighted by atomic mass is 10.1. The second-order valence-corrected chi connectivity index (χ2v) is 5.48. The third-order valence-corrected chi connectivity index (χ3v) is 4.22. The van der Waals surface area contributed by atoms with Crippen molar-refractivity contribution in [1.29, 1.82) is 0 Å². The second kappa shape index (κ2) is 5.56. The van der Waals surface area contributed by atoms with Crippen molar-refractivity contribution in [1.82, 2.24) is 0 Å². The largest absolute Gasteiger partial charge is 0.397 e. The van der Waals surface area contributed by atoms with Gasteiger partial charge in [0.2, 0.25) is 5.91 Å². The second-order valence-electron chi connectivity index (χ2n) is 4.17. The number of nitrogens with one attached hydrogen (secondary N) is 1. The van der Waals surface area contributed by atoms with Gasteiger partial charge in [-0.25, -0.2) is 8.78 Å². The molecule has 1 aromatic rings. The zero-order chi connectivity index (χ0) is 13.1. The van der Waals surface area contributed by atoms with Crippen molar-refractivity contribution in [2.45, 2.75) is 24.5 Å². The van der Waals surface area contributed by atoms with E-state index >= 15 is 0 Å². The molecule has 1 atom stereocenters. The van der Waals surface area contributed by atoms with Crippen molar-refractivity contribution < 1.29 is 13.6 Å². The van der Waals surface area contributed by atoms with Crippen LogP contribution in [0.15, 0.2) is 12.1 Å². The van der Waals surface area contributed by atoms with Gasteiger partial charge >= 0.3 is 0 Å².